The lowest BCUT2D eigenvalue weighted by molar-refractivity contribution is 0.0718. The van der Waals surface area contributed by atoms with Crippen LogP contribution in [0.1, 0.15) is 43.0 Å². The Balaban J connectivity index is 2.71. The van der Waals surface area contributed by atoms with Crippen LogP contribution in [0.25, 0.3) is 0 Å². The van der Waals surface area contributed by atoms with E-state index in [0.29, 0.717) is 18.7 Å². The molecule has 1 aromatic rings. The molecule has 0 unspecified atom stereocenters. The van der Waals surface area contributed by atoms with E-state index in [4.69, 9.17) is 28.3 Å². The summed E-state index contributed by atoms with van der Waals surface area (Å²) in [5, 5.41) is 9.47. The second-order valence-electron chi connectivity index (χ2n) is 4.58. The van der Waals surface area contributed by atoms with Gasteiger partial charge in [0.25, 0.3) is 5.91 Å². The molecule has 0 saturated heterocycles. The maximum atomic E-state index is 12.4. The molecule has 0 fully saturated rings. The topological polar surface area (TPSA) is 53.4 Å². The summed E-state index contributed by atoms with van der Waals surface area (Å²) in [4.78, 5) is 17.8. The minimum Gasteiger partial charge on any atom is -0.395 e. The number of carbonyl (C=O) groups excluding carboxylic acids is 1. The first kappa shape index (κ1) is 17.2. The Morgan fingerprint density at radius 3 is 2.40 bits per heavy atom. The highest BCUT2D eigenvalue weighted by Crippen LogP contribution is 2.16. The predicted molar refractivity (Wildman–Crippen MR) is 81.4 cm³/mol. The van der Waals surface area contributed by atoms with Crippen molar-refractivity contribution < 1.29 is 9.90 Å². The first-order chi connectivity index (χ1) is 9.58. The smallest absolute Gasteiger partial charge is 0.254 e. The molecule has 0 saturated carbocycles. The van der Waals surface area contributed by atoms with Gasteiger partial charge in [-0.3, -0.25) is 4.79 Å². The van der Waals surface area contributed by atoms with Crippen molar-refractivity contribution in [2.45, 2.75) is 32.6 Å². The SMILES string of the molecule is CCCCCCN(CCO)C(=O)c1cc(Cl)nc(Cl)c1. The number of aliphatic hydroxyl groups excluding tert-OH is 1. The largest absolute Gasteiger partial charge is 0.395 e. The highest BCUT2D eigenvalue weighted by Gasteiger charge is 2.16. The van der Waals surface area contributed by atoms with Crippen LogP contribution in [0.4, 0.5) is 0 Å². The van der Waals surface area contributed by atoms with E-state index in [-0.39, 0.29) is 22.8 Å². The number of amides is 1. The summed E-state index contributed by atoms with van der Waals surface area (Å²) < 4.78 is 0. The van der Waals surface area contributed by atoms with E-state index in [9.17, 15) is 4.79 Å². The van der Waals surface area contributed by atoms with Gasteiger partial charge in [-0.05, 0) is 18.6 Å². The zero-order valence-corrected chi connectivity index (χ0v) is 13.1. The van der Waals surface area contributed by atoms with E-state index in [1.807, 2.05) is 0 Å². The molecule has 0 aliphatic rings. The number of hydrogen-bond donors (Lipinski definition) is 1. The van der Waals surface area contributed by atoms with Crippen molar-refractivity contribution in [2.24, 2.45) is 0 Å². The van der Waals surface area contributed by atoms with E-state index >= 15 is 0 Å². The minimum absolute atomic E-state index is 0.0634. The molecule has 0 atom stereocenters. The van der Waals surface area contributed by atoms with Gasteiger partial charge in [-0.15, -0.1) is 0 Å². The Labute approximate surface area is 129 Å². The summed E-state index contributed by atoms with van der Waals surface area (Å²) in [6.45, 7) is 3.00. The number of unbranched alkanes of at least 4 members (excludes halogenated alkanes) is 3. The molecule has 20 heavy (non-hydrogen) atoms. The van der Waals surface area contributed by atoms with Gasteiger partial charge >= 0.3 is 0 Å². The number of rotatable bonds is 8. The second kappa shape index (κ2) is 9.16. The van der Waals surface area contributed by atoms with Crippen LogP contribution in [0.3, 0.4) is 0 Å². The molecule has 0 aliphatic heterocycles. The molecule has 1 heterocycles. The number of carbonyl (C=O) groups is 1. The molecular weight excluding hydrogens is 299 g/mol. The van der Waals surface area contributed by atoms with Crippen LogP contribution in [0.2, 0.25) is 10.3 Å². The third kappa shape index (κ3) is 5.65. The van der Waals surface area contributed by atoms with Crippen LogP contribution in [0.15, 0.2) is 12.1 Å². The molecule has 0 spiro atoms. The first-order valence-electron chi connectivity index (χ1n) is 6.81. The Morgan fingerprint density at radius 1 is 1.20 bits per heavy atom. The zero-order chi connectivity index (χ0) is 15.0. The first-order valence-corrected chi connectivity index (χ1v) is 7.57. The molecule has 1 N–H and O–H groups in total. The van der Waals surface area contributed by atoms with Crippen LogP contribution in [0.5, 0.6) is 0 Å². The quantitative estimate of drug-likeness (QED) is 0.590. The number of aromatic nitrogens is 1. The van der Waals surface area contributed by atoms with Gasteiger partial charge in [0.1, 0.15) is 10.3 Å². The minimum atomic E-state index is -0.179. The molecule has 6 heteroatoms. The molecule has 0 radical (unpaired) electrons. The molecular formula is C14H20Cl2N2O2. The lowest BCUT2D eigenvalue weighted by Gasteiger charge is -2.22. The van der Waals surface area contributed by atoms with Crippen molar-refractivity contribution >= 4 is 29.1 Å². The predicted octanol–water partition coefficient (Wildman–Crippen LogP) is 3.40. The van der Waals surface area contributed by atoms with E-state index in [2.05, 4.69) is 11.9 Å². The Hall–Kier alpha value is -0.840. The molecule has 4 nitrogen and oxygen atoms in total. The molecule has 0 bridgehead atoms. The van der Waals surface area contributed by atoms with Crippen molar-refractivity contribution in [1.82, 2.24) is 9.88 Å². The summed E-state index contributed by atoms with van der Waals surface area (Å²) in [5.74, 6) is -0.179. The van der Waals surface area contributed by atoms with Gasteiger partial charge in [-0.2, -0.15) is 0 Å². The highest BCUT2D eigenvalue weighted by atomic mass is 35.5. The van der Waals surface area contributed by atoms with E-state index in [1.54, 1.807) is 4.90 Å². The van der Waals surface area contributed by atoms with Gasteiger partial charge in [-0.1, -0.05) is 49.4 Å². The van der Waals surface area contributed by atoms with Crippen LogP contribution < -0.4 is 0 Å². The van der Waals surface area contributed by atoms with Crippen LogP contribution in [-0.4, -0.2) is 40.6 Å². The van der Waals surface area contributed by atoms with Crippen molar-refractivity contribution in [3.63, 3.8) is 0 Å². The molecule has 0 aliphatic carbocycles. The third-order valence-electron chi connectivity index (χ3n) is 2.95. The van der Waals surface area contributed by atoms with E-state index in [1.165, 1.54) is 12.1 Å². The summed E-state index contributed by atoms with van der Waals surface area (Å²) in [5.41, 5.74) is 0.402. The standard InChI is InChI=1S/C14H20Cl2N2O2/c1-2-3-4-5-6-18(7-8-19)14(20)11-9-12(15)17-13(16)10-11/h9-10,19H,2-8H2,1H3. The maximum absolute atomic E-state index is 12.4. The zero-order valence-electron chi connectivity index (χ0n) is 11.6. The lowest BCUT2D eigenvalue weighted by Crippen LogP contribution is -2.34. The number of halogens is 2. The average molecular weight is 319 g/mol. The van der Waals surface area contributed by atoms with Crippen LogP contribution in [-0.2, 0) is 0 Å². The number of nitrogens with zero attached hydrogens (tertiary/aromatic N) is 2. The molecule has 112 valence electrons. The fourth-order valence-corrected chi connectivity index (χ4v) is 2.40. The van der Waals surface area contributed by atoms with Gasteiger partial charge in [0.2, 0.25) is 0 Å². The monoisotopic (exact) mass is 318 g/mol. The van der Waals surface area contributed by atoms with Gasteiger partial charge in [0, 0.05) is 18.7 Å². The van der Waals surface area contributed by atoms with Gasteiger partial charge in [0.15, 0.2) is 0 Å². The normalized spacial score (nSPS) is 10.6. The number of hydrogen-bond acceptors (Lipinski definition) is 3. The molecule has 0 aromatic carbocycles. The Kier molecular flexibility index (Phi) is 7.88. The highest BCUT2D eigenvalue weighted by molar-refractivity contribution is 6.33. The fraction of sp³-hybridized carbons (Fsp3) is 0.571. The van der Waals surface area contributed by atoms with Crippen molar-refractivity contribution in [1.29, 1.82) is 0 Å². The van der Waals surface area contributed by atoms with Crippen molar-refractivity contribution in [3.05, 3.63) is 28.0 Å². The van der Waals surface area contributed by atoms with Crippen LogP contribution in [0, 0.1) is 0 Å². The summed E-state index contributed by atoms with van der Waals surface area (Å²) in [6, 6.07) is 2.98. The number of aliphatic hydroxyl groups is 1. The van der Waals surface area contributed by atoms with Crippen molar-refractivity contribution in [2.75, 3.05) is 19.7 Å². The third-order valence-corrected chi connectivity index (χ3v) is 3.34. The van der Waals surface area contributed by atoms with Gasteiger partial charge in [-0.25, -0.2) is 4.98 Å². The van der Waals surface area contributed by atoms with Gasteiger partial charge < -0.3 is 10.0 Å². The van der Waals surface area contributed by atoms with Crippen LogP contribution >= 0.6 is 23.2 Å². The lowest BCUT2D eigenvalue weighted by atomic mass is 10.2. The van der Waals surface area contributed by atoms with Gasteiger partial charge in [0.05, 0.1) is 6.61 Å². The van der Waals surface area contributed by atoms with Crippen molar-refractivity contribution in [3.8, 4) is 0 Å². The summed E-state index contributed by atoms with van der Waals surface area (Å²) in [7, 11) is 0. The average Bonchev–Trinajstić information content (AvgIpc) is 2.40. The number of pyridine rings is 1. The fourth-order valence-electron chi connectivity index (χ4n) is 1.94. The summed E-state index contributed by atoms with van der Waals surface area (Å²) >= 11 is 11.6. The molecule has 1 rings (SSSR count). The maximum Gasteiger partial charge on any atom is 0.254 e. The van der Waals surface area contributed by atoms with E-state index < -0.39 is 0 Å². The molecule has 1 amide bonds. The summed E-state index contributed by atoms with van der Waals surface area (Å²) in [6.07, 6.45) is 4.28. The Bertz CT molecular complexity index is 421. The second-order valence-corrected chi connectivity index (χ2v) is 5.35. The molecule has 1 aromatic heterocycles. The Morgan fingerprint density at radius 2 is 1.85 bits per heavy atom. The van der Waals surface area contributed by atoms with E-state index in [0.717, 1.165) is 25.7 Å².